The molecule has 0 spiro atoms. The number of benzene rings is 4. The third-order valence-electron chi connectivity index (χ3n) is 12.9. The first-order valence-electron chi connectivity index (χ1n) is 24.1. The molecule has 8 heterocycles. The number of fused-ring (bicyclic) bond motifs is 4. The number of anilines is 4. The van der Waals surface area contributed by atoms with E-state index in [-0.39, 0.29) is 37.7 Å². The first kappa shape index (κ1) is 50.8. The number of halogens is 4. The van der Waals surface area contributed by atoms with Crippen LogP contribution < -0.4 is 39.1 Å². The third-order valence-corrected chi connectivity index (χ3v) is 12.9. The van der Waals surface area contributed by atoms with E-state index in [1.807, 2.05) is 38.1 Å². The van der Waals surface area contributed by atoms with Crippen molar-refractivity contribution in [3.05, 3.63) is 122 Å². The van der Waals surface area contributed by atoms with Gasteiger partial charge in [-0.15, -0.1) is 0 Å². The van der Waals surface area contributed by atoms with Gasteiger partial charge in [-0.2, -0.15) is 10.2 Å². The number of aryl methyl sites for hydroxylation is 2. The van der Waals surface area contributed by atoms with Gasteiger partial charge in [-0.25, -0.2) is 66.5 Å². The molecule has 78 heavy (non-hydrogen) atoms. The molecule has 2 aliphatic rings. The lowest BCUT2D eigenvalue weighted by molar-refractivity contribution is -0.0618. The number of nitrogens with one attached hydrogen (secondary N) is 2. The highest BCUT2D eigenvalue weighted by molar-refractivity contribution is 5.99. The van der Waals surface area contributed by atoms with Crippen LogP contribution in [0.2, 0.25) is 0 Å². The summed E-state index contributed by atoms with van der Waals surface area (Å²) in [6.07, 6.45) is 6.02. The highest BCUT2D eigenvalue weighted by Gasteiger charge is 2.50. The Morgan fingerprint density at radius 2 is 0.936 bits per heavy atom. The molecule has 0 aliphatic carbocycles. The van der Waals surface area contributed by atoms with Crippen LogP contribution in [0.15, 0.2) is 111 Å². The summed E-state index contributed by atoms with van der Waals surface area (Å²) in [5.41, 5.74) is 5.30. The number of hydrogen-bond donors (Lipinski definition) is 2. The standard InChI is InChI=1S/2C26H24F2N8O3/c2*1-15-8-16(4-6-18(15)38-22-9-21-30-13-33-36(21)14-32-22)34-25-23-17(29-12-31-25)5-7-19(37-3)24(23)39-20-10-35(2)11-26(20,27)28/h2*4-9,12-14,20H,10-11H2,1-3H3,(H,29,31,34)/t2*20-/m10/s1. The molecule has 2 N–H and O–H groups in total. The van der Waals surface area contributed by atoms with Crippen LogP contribution in [-0.4, -0.2) is 147 Å². The second-order valence-electron chi connectivity index (χ2n) is 18.5. The van der Waals surface area contributed by atoms with Gasteiger partial charge in [-0.05, 0) is 99.7 Å². The summed E-state index contributed by atoms with van der Waals surface area (Å²) in [6.45, 7) is 3.16. The molecule has 0 amide bonds. The zero-order chi connectivity index (χ0) is 54.3. The quantitative estimate of drug-likeness (QED) is 0.0974. The van der Waals surface area contributed by atoms with Gasteiger partial charge in [0.25, 0.3) is 11.8 Å². The highest BCUT2D eigenvalue weighted by Crippen LogP contribution is 2.44. The predicted molar refractivity (Wildman–Crippen MR) is 277 cm³/mol. The monoisotopic (exact) mass is 1070 g/mol. The summed E-state index contributed by atoms with van der Waals surface area (Å²) in [5.74, 6) is -2.39. The predicted octanol–water partition coefficient (Wildman–Crippen LogP) is 8.50. The van der Waals surface area contributed by atoms with Crippen LogP contribution in [0.25, 0.3) is 33.1 Å². The molecular formula is C52H48F4N16O6. The van der Waals surface area contributed by atoms with Crippen molar-refractivity contribution in [2.75, 3.05) is 65.1 Å². The second kappa shape index (κ2) is 20.7. The lowest BCUT2D eigenvalue weighted by atomic mass is 10.1. The highest BCUT2D eigenvalue weighted by atomic mass is 19.3. The fraction of sp³-hybridized carbons (Fsp3) is 0.269. The van der Waals surface area contributed by atoms with Crippen LogP contribution in [0.1, 0.15) is 11.1 Å². The molecule has 6 aromatic heterocycles. The molecule has 2 aliphatic heterocycles. The van der Waals surface area contributed by atoms with E-state index in [0.29, 0.717) is 90.9 Å². The van der Waals surface area contributed by atoms with Crippen molar-refractivity contribution in [2.45, 2.75) is 37.9 Å². The number of aromatic nitrogens is 12. The number of hydrogen-bond acceptors (Lipinski definition) is 20. The van der Waals surface area contributed by atoms with Gasteiger partial charge in [0.15, 0.2) is 46.5 Å². The van der Waals surface area contributed by atoms with E-state index in [4.69, 9.17) is 28.4 Å². The van der Waals surface area contributed by atoms with Crippen molar-refractivity contribution in [3.8, 4) is 46.3 Å². The van der Waals surface area contributed by atoms with E-state index < -0.39 is 24.1 Å². The molecule has 0 unspecified atom stereocenters. The molecule has 400 valence electrons. The molecule has 2 atom stereocenters. The number of ether oxygens (including phenoxy) is 6. The first-order valence-corrected chi connectivity index (χ1v) is 24.1. The van der Waals surface area contributed by atoms with Crippen molar-refractivity contribution in [3.63, 3.8) is 0 Å². The fourth-order valence-electron chi connectivity index (χ4n) is 9.08. The maximum Gasteiger partial charge on any atom is 0.297 e. The molecule has 0 radical (unpaired) electrons. The van der Waals surface area contributed by atoms with E-state index in [2.05, 4.69) is 60.7 Å². The second-order valence-corrected chi connectivity index (χ2v) is 18.5. The first-order chi connectivity index (χ1) is 37.6. The molecule has 2 saturated heterocycles. The minimum absolute atomic E-state index is 0.0720. The SMILES string of the molecule is COc1ccc2ncnc(Nc3ccc(Oc4cc5ncnn5cn4)c(C)c3)c2c1O[C@@H]1CN(C)CC1(F)F.COc1ccc2ncnc(Nc3ccc(Oc4cc5ncnn5cn4)c(C)c3)c2c1O[C@H]1CN(C)CC1(F)F. The maximum atomic E-state index is 14.6. The average Bonchev–Trinajstić information content (AvgIpc) is 4.32. The Morgan fingerprint density at radius 1 is 0.513 bits per heavy atom. The van der Waals surface area contributed by atoms with E-state index in [1.54, 1.807) is 62.6 Å². The van der Waals surface area contributed by atoms with E-state index in [0.717, 1.165) is 11.1 Å². The van der Waals surface area contributed by atoms with Gasteiger partial charge in [0, 0.05) is 36.6 Å². The van der Waals surface area contributed by atoms with E-state index >= 15 is 0 Å². The maximum absolute atomic E-state index is 14.6. The number of methoxy groups -OCH3 is 2. The van der Waals surface area contributed by atoms with Crippen molar-refractivity contribution >= 4 is 56.1 Å². The Hall–Kier alpha value is -9.30. The average molecular weight is 1070 g/mol. The van der Waals surface area contributed by atoms with E-state index in [1.165, 1.54) is 71.0 Å². The molecule has 0 saturated carbocycles. The molecule has 4 aromatic carbocycles. The minimum Gasteiger partial charge on any atom is -0.493 e. The van der Waals surface area contributed by atoms with Gasteiger partial charge in [-0.1, -0.05) is 0 Å². The van der Waals surface area contributed by atoms with Crippen LogP contribution in [-0.2, 0) is 0 Å². The van der Waals surface area contributed by atoms with Crippen LogP contribution in [0.3, 0.4) is 0 Å². The smallest absolute Gasteiger partial charge is 0.297 e. The Labute approximate surface area is 441 Å². The van der Waals surface area contributed by atoms with Gasteiger partial charge >= 0.3 is 0 Å². The molecule has 26 heteroatoms. The Morgan fingerprint density at radius 3 is 1.32 bits per heavy atom. The summed E-state index contributed by atoms with van der Waals surface area (Å²) in [7, 11) is 6.18. The summed E-state index contributed by atoms with van der Waals surface area (Å²) < 4.78 is 96.4. The van der Waals surface area contributed by atoms with Crippen LogP contribution >= 0.6 is 0 Å². The molecule has 2 fully saturated rings. The lowest BCUT2D eigenvalue weighted by Gasteiger charge is -2.22. The number of rotatable bonds is 14. The minimum atomic E-state index is -3.02. The molecule has 12 rings (SSSR count). The molecule has 22 nitrogen and oxygen atoms in total. The Kier molecular flexibility index (Phi) is 13.5. The van der Waals surface area contributed by atoms with Crippen molar-refractivity contribution in [1.82, 2.24) is 68.9 Å². The Balaban J connectivity index is 0.000000165. The third kappa shape index (κ3) is 10.4. The number of nitrogens with zero attached hydrogens (tertiary/aromatic N) is 14. The number of alkyl halides is 4. The molecule has 0 bridgehead atoms. The largest absolute Gasteiger partial charge is 0.493 e. The fourth-order valence-corrected chi connectivity index (χ4v) is 9.08. The van der Waals surface area contributed by atoms with Crippen LogP contribution in [0.5, 0.6) is 46.3 Å². The summed E-state index contributed by atoms with van der Waals surface area (Å²) >= 11 is 0. The van der Waals surface area contributed by atoms with Crippen LogP contribution in [0.4, 0.5) is 40.6 Å². The molecule has 10 aromatic rings. The summed E-state index contributed by atoms with van der Waals surface area (Å²) in [4.78, 5) is 37.3. The number of likely N-dealkylation sites (tertiary alicyclic amines) is 2. The van der Waals surface area contributed by atoms with Crippen molar-refractivity contribution in [1.29, 1.82) is 0 Å². The summed E-state index contributed by atoms with van der Waals surface area (Å²) in [6, 6.07) is 21.1. The van der Waals surface area contributed by atoms with Crippen LogP contribution in [0, 0.1) is 13.8 Å². The topological polar surface area (TPSA) is 224 Å². The van der Waals surface area contributed by atoms with Gasteiger partial charge in [0.05, 0.1) is 49.1 Å². The normalized spacial score (nSPS) is 17.0. The zero-order valence-electron chi connectivity index (χ0n) is 42.6. The van der Waals surface area contributed by atoms with Gasteiger partial charge in [0.2, 0.25) is 11.8 Å². The van der Waals surface area contributed by atoms with E-state index in [9.17, 15) is 17.6 Å². The van der Waals surface area contributed by atoms with Crippen molar-refractivity contribution < 1.29 is 46.0 Å². The lowest BCUT2D eigenvalue weighted by Crippen LogP contribution is -2.36. The van der Waals surface area contributed by atoms with Gasteiger partial charge in [0.1, 0.15) is 61.1 Å². The van der Waals surface area contributed by atoms with Gasteiger partial charge in [-0.3, -0.25) is 9.80 Å². The van der Waals surface area contributed by atoms with Crippen molar-refractivity contribution in [2.24, 2.45) is 0 Å². The number of likely N-dealkylation sites (N-methyl/N-ethyl adjacent to an activating group) is 2. The zero-order valence-corrected chi connectivity index (χ0v) is 42.6. The summed E-state index contributed by atoms with van der Waals surface area (Å²) in [5, 5.41) is 15.5. The Bertz CT molecular complexity index is 3600. The van der Waals surface area contributed by atoms with Gasteiger partial charge < -0.3 is 39.1 Å². The molecular weight excluding hydrogens is 1020 g/mol.